The number of carbonyl (C=O) groups excluding carboxylic acids is 1. The van der Waals surface area contributed by atoms with E-state index in [4.69, 9.17) is 4.74 Å². The predicted octanol–water partition coefficient (Wildman–Crippen LogP) is 4.28. The Hall–Kier alpha value is -3.11. The molecule has 0 unspecified atom stereocenters. The molecule has 3 aromatic carbocycles. The molecule has 1 fully saturated rings. The summed E-state index contributed by atoms with van der Waals surface area (Å²) in [6.07, 6.45) is 0.915. The van der Waals surface area contributed by atoms with E-state index in [-0.39, 0.29) is 11.8 Å². The standard InChI is InChI=1S/C25H26N2O2/c28-25(24-17-26-16-21(24)15-19-7-3-1-4-8-19)27-22-11-13-23(14-12-22)29-18-20-9-5-2-6-10-20/h1-14,21,24,26H,15-18H2,(H,27,28)/t21-,24-/m1/s1. The fraction of sp³-hybridized carbons (Fsp3) is 0.240. The predicted molar refractivity (Wildman–Crippen MR) is 116 cm³/mol. The quantitative estimate of drug-likeness (QED) is 0.637. The lowest BCUT2D eigenvalue weighted by Crippen LogP contribution is -2.29. The fourth-order valence-corrected chi connectivity index (χ4v) is 3.78. The molecule has 3 aromatic rings. The Morgan fingerprint density at radius 2 is 1.52 bits per heavy atom. The highest BCUT2D eigenvalue weighted by Gasteiger charge is 2.32. The van der Waals surface area contributed by atoms with E-state index in [1.165, 1.54) is 5.56 Å². The summed E-state index contributed by atoms with van der Waals surface area (Å²) in [5.74, 6) is 1.15. The van der Waals surface area contributed by atoms with Crippen LogP contribution in [0, 0.1) is 11.8 Å². The number of nitrogens with one attached hydrogen (secondary N) is 2. The molecule has 1 heterocycles. The third-order valence-corrected chi connectivity index (χ3v) is 5.39. The van der Waals surface area contributed by atoms with Crippen molar-refractivity contribution in [1.29, 1.82) is 0 Å². The van der Waals surface area contributed by atoms with Crippen molar-refractivity contribution in [1.82, 2.24) is 5.32 Å². The summed E-state index contributed by atoms with van der Waals surface area (Å²) in [6, 6.07) is 28.0. The van der Waals surface area contributed by atoms with Crippen LogP contribution in [0.2, 0.25) is 0 Å². The average molecular weight is 386 g/mol. The van der Waals surface area contributed by atoms with Crippen molar-refractivity contribution >= 4 is 11.6 Å². The number of amides is 1. The zero-order valence-corrected chi connectivity index (χ0v) is 16.4. The van der Waals surface area contributed by atoms with Gasteiger partial charge in [0.1, 0.15) is 12.4 Å². The molecule has 0 spiro atoms. The highest BCUT2D eigenvalue weighted by atomic mass is 16.5. The Balaban J connectivity index is 1.31. The normalized spacial score (nSPS) is 18.3. The Morgan fingerprint density at radius 1 is 0.862 bits per heavy atom. The van der Waals surface area contributed by atoms with E-state index in [0.29, 0.717) is 12.5 Å². The van der Waals surface area contributed by atoms with Crippen LogP contribution in [0.25, 0.3) is 0 Å². The minimum Gasteiger partial charge on any atom is -0.489 e. The zero-order valence-electron chi connectivity index (χ0n) is 16.4. The van der Waals surface area contributed by atoms with Gasteiger partial charge in [0, 0.05) is 12.2 Å². The van der Waals surface area contributed by atoms with Crippen molar-refractivity contribution in [2.24, 2.45) is 11.8 Å². The van der Waals surface area contributed by atoms with Crippen LogP contribution in [0.15, 0.2) is 84.9 Å². The van der Waals surface area contributed by atoms with Crippen molar-refractivity contribution in [3.05, 3.63) is 96.1 Å². The molecule has 4 rings (SSSR count). The molecule has 1 saturated heterocycles. The summed E-state index contributed by atoms with van der Waals surface area (Å²) in [6.45, 7) is 2.13. The van der Waals surface area contributed by atoms with Crippen molar-refractivity contribution in [3.63, 3.8) is 0 Å². The van der Waals surface area contributed by atoms with Crippen LogP contribution in [0.5, 0.6) is 5.75 Å². The Labute approximate surface area is 171 Å². The number of rotatable bonds is 7. The molecule has 4 nitrogen and oxygen atoms in total. The second-order valence-electron chi connectivity index (χ2n) is 7.50. The summed E-state index contributed by atoms with van der Waals surface area (Å²) < 4.78 is 5.81. The molecule has 148 valence electrons. The van der Waals surface area contributed by atoms with E-state index >= 15 is 0 Å². The van der Waals surface area contributed by atoms with Gasteiger partial charge in [0.25, 0.3) is 0 Å². The minimum absolute atomic E-state index is 0.0239. The highest BCUT2D eigenvalue weighted by Crippen LogP contribution is 2.24. The first-order valence-electron chi connectivity index (χ1n) is 10.1. The summed E-state index contributed by atoms with van der Waals surface area (Å²) >= 11 is 0. The van der Waals surface area contributed by atoms with E-state index in [2.05, 4.69) is 22.8 Å². The highest BCUT2D eigenvalue weighted by molar-refractivity contribution is 5.93. The molecule has 1 amide bonds. The molecule has 0 aromatic heterocycles. The van der Waals surface area contributed by atoms with Gasteiger partial charge in [-0.15, -0.1) is 0 Å². The monoisotopic (exact) mass is 386 g/mol. The van der Waals surface area contributed by atoms with Crippen molar-refractivity contribution in [2.45, 2.75) is 13.0 Å². The molecule has 4 heteroatoms. The molecule has 2 atom stereocenters. The van der Waals surface area contributed by atoms with Gasteiger partial charge in [-0.25, -0.2) is 0 Å². The van der Waals surface area contributed by atoms with E-state index in [1.807, 2.05) is 72.8 Å². The van der Waals surface area contributed by atoms with E-state index in [0.717, 1.165) is 36.5 Å². The molecule has 29 heavy (non-hydrogen) atoms. The van der Waals surface area contributed by atoms with Crippen LogP contribution in [0.3, 0.4) is 0 Å². The first-order chi connectivity index (χ1) is 14.3. The summed E-state index contributed by atoms with van der Waals surface area (Å²) in [5.41, 5.74) is 3.20. The Morgan fingerprint density at radius 3 is 2.21 bits per heavy atom. The van der Waals surface area contributed by atoms with Gasteiger partial charge >= 0.3 is 0 Å². The van der Waals surface area contributed by atoms with Crippen LogP contribution in [-0.4, -0.2) is 19.0 Å². The lowest BCUT2D eigenvalue weighted by atomic mass is 9.89. The van der Waals surface area contributed by atoms with Gasteiger partial charge < -0.3 is 15.4 Å². The number of carbonyl (C=O) groups is 1. The summed E-state index contributed by atoms with van der Waals surface area (Å²) in [5, 5.41) is 6.44. The van der Waals surface area contributed by atoms with Gasteiger partial charge in [-0.05, 0) is 54.3 Å². The van der Waals surface area contributed by atoms with Gasteiger partial charge in [-0.2, -0.15) is 0 Å². The maximum absolute atomic E-state index is 12.8. The molecule has 0 saturated carbocycles. The van der Waals surface area contributed by atoms with E-state index in [1.54, 1.807) is 0 Å². The van der Waals surface area contributed by atoms with Crippen molar-refractivity contribution in [3.8, 4) is 5.75 Å². The van der Waals surface area contributed by atoms with Gasteiger partial charge in [0.05, 0.1) is 5.92 Å². The molecular weight excluding hydrogens is 360 g/mol. The maximum atomic E-state index is 12.8. The third-order valence-electron chi connectivity index (χ3n) is 5.39. The zero-order chi connectivity index (χ0) is 19.9. The Kier molecular flexibility index (Phi) is 6.22. The van der Waals surface area contributed by atoms with Crippen molar-refractivity contribution < 1.29 is 9.53 Å². The van der Waals surface area contributed by atoms with Crippen LogP contribution in [0.4, 0.5) is 5.69 Å². The topological polar surface area (TPSA) is 50.4 Å². The number of ether oxygens (including phenoxy) is 1. The second kappa shape index (κ2) is 9.39. The number of benzene rings is 3. The lowest BCUT2D eigenvalue weighted by molar-refractivity contribution is -0.120. The first-order valence-corrected chi connectivity index (χ1v) is 10.1. The first kappa shape index (κ1) is 19.2. The third kappa shape index (κ3) is 5.24. The molecule has 1 aliphatic rings. The Bertz CT molecular complexity index is 911. The van der Waals surface area contributed by atoms with Crippen LogP contribution < -0.4 is 15.4 Å². The summed E-state index contributed by atoms with van der Waals surface area (Å²) in [4.78, 5) is 12.8. The van der Waals surface area contributed by atoms with Crippen LogP contribution in [0.1, 0.15) is 11.1 Å². The van der Waals surface area contributed by atoms with Crippen molar-refractivity contribution in [2.75, 3.05) is 18.4 Å². The molecule has 1 aliphatic heterocycles. The molecular formula is C25H26N2O2. The SMILES string of the molecule is O=C(Nc1ccc(OCc2ccccc2)cc1)[C@@H]1CNC[C@H]1Cc1ccccc1. The number of hydrogen-bond donors (Lipinski definition) is 2. The largest absolute Gasteiger partial charge is 0.489 e. The van der Waals surface area contributed by atoms with Gasteiger partial charge in [-0.3, -0.25) is 4.79 Å². The number of hydrogen-bond acceptors (Lipinski definition) is 3. The average Bonchev–Trinajstić information content (AvgIpc) is 3.23. The molecule has 0 bridgehead atoms. The number of anilines is 1. The maximum Gasteiger partial charge on any atom is 0.229 e. The lowest BCUT2D eigenvalue weighted by Gasteiger charge is -2.18. The summed E-state index contributed by atoms with van der Waals surface area (Å²) in [7, 11) is 0. The smallest absolute Gasteiger partial charge is 0.229 e. The minimum atomic E-state index is -0.0239. The van der Waals surface area contributed by atoms with Crippen LogP contribution in [-0.2, 0) is 17.8 Å². The second-order valence-corrected chi connectivity index (χ2v) is 7.50. The van der Waals surface area contributed by atoms with Gasteiger partial charge in [-0.1, -0.05) is 60.7 Å². The molecule has 0 aliphatic carbocycles. The molecule has 2 N–H and O–H groups in total. The van der Waals surface area contributed by atoms with Gasteiger partial charge in [0.15, 0.2) is 0 Å². The van der Waals surface area contributed by atoms with Crippen LogP contribution >= 0.6 is 0 Å². The van der Waals surface area contributed by atoms with E-state index in [9.17, 15) is 4.79 Å². The fourth-order valence-electron chi connectivity index (χ4n) is 3.78. The van der Waals surface area contributed by atoms with Gasteiger partial charge in [0.2, 0.25) is 5.91 Å². The van der Waals surface area contributed by atoms with E-state index < -0.39 is 0 Å². The molecule has 0 radical (unpaired) electrons.